The lowest BCUT2D eigenvalue weighted by atomic mass is 10.2. The molecule has 2 aromatic rings. The van der Waals surface area contributed by atoms with E-state index in [0.29, 0.717) is 11.3 Å². The molecule has 0 amide bonds. The highest BCUT2D eigenvalue weighted by Crippen LogP contribution is 2.13. The molecule has 4 heteroatoms. The van der Waals surface area contributed by atoms with E-state index in [1.165, 1.54) is 4.68 Å². The van der Waals surface area contributed by atoms with Gasteiger partial charge in [-0.2, -0.15) is 5.10 Å². The van der Waals surface area contributed by atoms with E-state index in [-0.39, 0.29) is 0 Å². The highest BCUT2D eigenvalue weighted by atomic mass is 15.3. The van der Waals surface area contributed by atoms with Crippen molar-refractivity contribution in [2.45, 2.75) is 0 Å². The Hall–Kier alpha value is -1.84. The summed E-state index contributed by atoms with van der Waals surface area (Å²) in [5.41, 5.74) is 6.09. The molecule has 3 N–H and O–H groups in total. The molecule has 0 unspecified atom stereocenters. The largest absolute Gasteiger partial charge is 0.382 e. The molecule has 1 aromatic carbocycles. The number of rotatable bonds is 0. The molecule has 0 aliphatic rings. The number of nitrogen functional groups attached to an aromatic ring is 1. The van der Waals surface area contributed by atoms with Gasteiger partial charge in [-0.3, -0.25) is 5.41 Å². The van der Waals surface area contributed by atoms with Gasteiger partial charge < -0.3 is 5.73 Å². The van der Waals surface area contributed by atoms with Crippen molar-refractivity contribution < 1.29 is 0 Å². The molecule has 0 aliphatic carbocycles. The number of aromatic nitrogens is 2. The van der Waals surface area contributed by atoms with E-state index in [1.54, 1.807) is 7.05 Å². The molecule has 0 saturated carbocycles. The van der Waals surface area contributed by atoms with Crippen molar-refractivity contribution >= 4 is 16.6 Å². The molecule has 1 aromatic heterocycles. The molecule has 0 spiro atoms. The lowest BCUT2D eigenvalue weighted by Crippen LogP contribution is -2.21. The Morgan fingerprint density at radius 1 is 1.31 bits per heavy atom. The van der Waals surface area contributed by atoms with Gasteiger partial charge in [0.1, 0.15) is 5.49 Å². The van der Waals surface area contributed by atoms with E-state index < -0.39 is 0 Å². The summed E-state index contributed by atoms with van der Waals surface area (Å²) < 4.78 is 1.47. The maximum atomic E-state index is 7.73. The second-order valence-electron chi connectivity index (χ2n) is 2.90. The van der Waals surface area contributed by atoms with E-state index in [4.69, 9.17) is 11.1 Å². The van der Waals surface area contributed by atoms with E-state index >= 15 is 0 Å². The zero-order valence-corrected chi connectivity index (χ0v) is 7.28. The first-order valence-corrected chi connectivity index (χ1v) is 3.96. The van der Waals surface area contributed by atoms with Crippen LogP contribution in [0.25, 0.3) is 10.8 Å². The Kier molecular flexibility index (Phi) is 1.55. The van der Waals surface area contributed by atoms with E-state index in [2.05, 4.69) is 5.10 Å². The summed E-state index contributed by atoms with van der Waals surface area (Å²) in [6.07, 6.45) is 0. The Bertz CT molecular complexity index is 512. The van der Waals surface area contributed by atoms with Gasteiger partial charge >= 0.3 is 0 Å². The molecular formula is C9H10N4. The van der Waals surface area contributed by atoms with Crippen molar-refractivity contribution in [1.29, 1.82) is 5.41 Å². The fourth-order valence-electron chi connectivity index (χ4n) is 1.35. The molecule has 0 saturated heterocycles. The molecule has 13 heavy (non-hydrogen) atoms. The summed E-state index contributed by atoms with van der Waals surface area (Å²) in [5.74, 6) is 0.467. The third kappa shape index (κ3) is 1.07. The van der Waals surface area contributed by atoms with Crippen LogP contribution < -0.4 is 11.2 Å². The number of nitrogens with one attached hydrogen (secondary N) is 1. The molecule has 0 aliphatic heterocycles. The van der Waals surface area contributed by atoms with Gasteiger partial charge in [0.2, 0.25) is 0 Å². The molecular weight excluding hydrogens is 164 g/mol. The summed E-state index contributed by atoms with van der Waals surface area (Å²) in [6, 6.07) is 7.52. The minimum atomic E-state index is 0.379. The summed E-state index contributed by atoms with van der Waals surface area (Å²) in [7, 11) is 1.71. The van der Waals surface area contributed by atoms with Crippen LogP contribution in [0.4, 0.5) is 5.82 Å². The third-order valence-corrected chi connectivity index (χ3v) is 2.04. The van der Waals surface area contributed by atoms with Crippen LogP contribution in [-0.2, 0) is 7.05 Å². The zero-order chi connectivity index (χ0) is 9.42. The predicted octanol–water partition coefficient (Wildman–Crippen LogP) is 0.635. The number of fused-ring (bicyclic) bond motifs is 1. The highest BCUT2D eigenvalue weighted by Gasteiger charge is 2.01. The Morgan fingerprint density at radius 3 is 2.62 bits per heavy atom. The SMILES string of the molecule is Cn1nc(N)c2ccccc2c1=N. The van der Waals surface area contributed by atoms with E-state index in [9.17, 15) is 0 Å². The van der Waals surface area contributed by atoms with Crippen LogP contribution >= 0.6 is 0 Å². The molecule has 2 rings (SSSR count). The minimum absolute atomic E-state index is 0.379. The third-order valence-electron chi connectivity index (χ3n) is 2.04. The van der Waals surface area contributed by atoms with Gasteiger partial charge in [0.05, 0.1) is 0 Å². The lowest BCUT2D eigenvalue weighted by molar-refractivity contribution is 0.699. The van der Waals surface area contributed by atoms with Crippen LogP contribution in [0.1, 0.15) is 0 Å². The maximum absolute atomic E-state index is 7.73. The van der Waals surface area contributed by atoms with E-state index in [1.807, 2.05) is 24.3 Å². The van der Waals surface area contributed by atoms with Crippen molar-refractivity contribution in [2.24, 2.45) is 7.05 Å². The Labute approximate surface area is 75.1 Å². The van der Waals surface area contributed by atoms with Crippen LogP contribution in [0, 0.1) is 5.41 Å². The number of hydrogen-bond donors (Lipinski definition) is 2. The maximum Gasteiger partial charge on any atom is 0.151 e. The monoisotopic (exact) mass is 174 g/mol. The topological polar surface area (TPSA) is 67.7 Å². The average molecular weight is 174 g/mol. The van der Waals surface area contributed by atoms with Gasteiger partial charge in [-0.15, -0.1) is 0 Å². The predicted molar refractivity (Wildman–Crippen MR) is 51.0 cm³/mol. The Balaban J connectivity index is 3.06. The van der Waals surface area contributed by atoms with Gasteiger partial charge in [0.15, 0.2) is 5.82 Å². The highest BCUT2D eigenvalue weighted by molar-refractivity contribution is 5.89. The van der Waals surface area contributed by atoms with Crippen molar-refractivity contribution in [3.05, 3.63) is 29.8 Å². The lowest BCUT2D eigenvalue weighted by Gasteiger charge is -2.04. The number of nitrogens with zero attached hydrogens (tertiary/aromatic N) is 2. The summed E-state index contributed by atoms with van der Waals surface area (Å²) in [6.45, 7) is 0. The van der Waals surface area contributed by atoms with Crippen LogP contribution in [-0.4, -0.2) is 9.78 Å². The molecule has 4 nitrogen and oxygen atoms in total. The summed E-state index contributed by atoms with van der Waals surface area (Å²) in [5, 5.41) is 13.4. The fourth-order valence-corrected chi connectivity index (χ4v) is 1.35. The molecule has 0 bridgehead atoms. The number of nitrogens with two attached hydrogens (primary N) is 1. The first-order chi connectivity index (χ1) is 6.20. The van der Waals surface area contributed by atoms with Crippen molar-refractivity contribution in [2.75, 3.05) is 5.73 Å². The quantitative estimate of drug-likeness (QED) is 0.615. The number of benzene rings is 1. The van der Waals surface area contributed by atoms with Gasteiger partial charge in [-0.1, -0.05) is 24.3 Å². The van der Waals surface area contributed by atoms with Crippen molar-refractivity contribution in [1.82, 2.24) is 9.78 Å². The summed E-state index contributed by atoms with van der Waals surface area (Å²) >= 11 is 0. The van der Waals surface area contributed by atoms with Crippen molar-refractivity contribution in [3.63, 3.8) is 0 Å². The standard InChI is InChI=1S/C9H10N4/c1-13-9(11)7-5-3-2-4-6(7)8(10)12-13/h2-5,11H,1H3,(H2,10,12). The molecule has 66 valence electrons. The van der Waals surface area contributed by atoms with E-state index in [0.717, 1.165) is 10.8 Å². The van der Waals surface area contributed by atoms with Crippen molar-refractivity contribution in [3.8, 4) is 0 Å². The molecule has 0 atom stereocenters. The van der Waals surface area contributed by atoms with Gasteiger partial charge in [0.25, 0.3) is 0 Å². The fraction of sp³-hybridized carbons (Fsp3) is 0.111. The summed E-state index contributed by atoms with van der Waals surface area (Å²) in [4.78, 5) is 0. The normalized spacial score (nSPS) is 10.5. The second-order valence-corrected chi connectivity index (χ2v) is 2.90. The number of aryl methyl sites for hydroxylation is 1. The molecule has 0 fully saturated rings. The van der Waals surface area contributed by atoms with Crippen LogP contribution in [0.3, 0.4) is 0 Å². The molecule has 0 radical (unpaired) electrons. The first kappa shape index (κ1) is 7.79. The van der Waals surface area contributed by atoms with Gasteiger partial charge in [0, 0.05) is 17.8 Å². The second kappa shape index (κ2) is 2.58. The number of hydrogen-bond acceptors (Lipinski definition) is 3. The van der Waals surface area contributed by atoms with Gasteiger partial charge in [-0.25, -0.2) is 4.68 Å². The smallest absolute Gasteiger partial charge is 0.151 e. The first-order valence-electron chi connectivity index (χ1n) is 3.96. The number of anilines is 1. The van der Waals surface area contributed by atoms with Crippen LogP contribution in [0.5, 0.6) is 0 Å². The Morgan fingerprint density at radius 2 is 1.92 bits per heavy atom. The zero-order valence-electron chi connectivity index (χ0n) is 7.28. The van der Waals surface area contributed by atoms with Crippen LogP contribution in [0.2, 0.25) is 0 Å². The van der Waals surface area contributed by atoms with Crippen LogP contribution in [0.15, 0.2) is 24.3 Å². The van der Waals surface area contributed by atoms with Gasteiger partial charge in [-0.05, 0) is 0 Å². The average Bonchev–Trinajstić information content (AvgIpc) is 2.15. The minimum Gasteiger partial charge on any atom is -0.382 e. The molecule has 1 heterocycles.